The van der Waals surface area contributed by atoms with Crippen LogP contribution < -0.4 is 10.6 Å². The van der Waals surface area contributed by atoms with E-state index < -0.39 is 7.82 Å². The molecule has 0 fully saturated rings. The van der Waals surface area contributed by atoms with E-state index in [1.165, 1.54) is 0 Å². The average molecular weight is 358 g/mol. The van der Waals surface area contributed by atoms with Crippen molar-refractivity contribution in [3.8, 4) is 0 Å². The molecule has 0 aromatic heterocycles. The molecule has 23 heavy (non-hydrogen) atoms. The van der Waals surface area contributed by atoms with Gasteiger partial charge in [-0.2, -0.15) is 0 Å². The Kier molecular flexibility index (Phi) is 13.2. The van der Waals surface area contributed by atoms with E-state index in [0.29, 0.717) is 50.6 Å². The molecule has 0 rings (SSSR count). The van der Waals surface area contributed by atoms with Gasteiger partial charge in [-0.3, -0.25) is 4.57 Å². The number of phosphoric ester groups is 1. The number of hydrogen-bond donors (Lipinski definition) is 1. The van der Waals surface area contributed by atoms with Gasteiger partial charge >= 0.3 is 0 Å². The van der Waals surface area contributed by atoms with Crippen LogP contribution in [0.1, 0.15) is 0 Å². The first kappa shape index (κ1) is 22.9. The minimum atomic E-state index is -4.25. The van der Waals surface area contributed by atoms with E-state index >= 15 is 0 Å². The quantitative estimate of drug-likeness (QED) is 0.217. The summed E-state index contributed by atoms with van der Waals surface area (Å²) in [6.07, 6.45) is 0. The van der Waals surface area contributed by atoms with Gasteiger partial charge in [0.2, 0.25) is 0 Å². The third kappa shape index (κ3) is 18.1. The standard InChI is InChI=1S/C13H31N2O7P/c1-15(2,3)5-7-21-23(16,17)22-13-12-20-11-10-19-9-8-18-6-4-14/h4-14H2,1-3H3. The molecule has 0 saturated heterocycles. The monoisotopic (exact) mass is 358 g/mol. The van der Waals surface area contributed by atoms with E-state index in [1.807, 2.05) is 21.1 Å². The molecule has 0 aliphatic carbocycles. The third-order valence-corrected chi connectivity index (χ3v) is 3.49. The molecule has 0 aromatic rings. The minimum absolute atomic E-state index is 0.0786. The van der Waals surface area contributed by atoms with Gasteiger partial charge in [-0.05, 0) is 0 Å². The summed E-state index contributed by atoms with van der Waals surface area (Å²) in [5.74, 6) is 0. The lowest BCUT2D eigenvalue weighted by Crippen LogP contribution is -2.37. The second kappa shape index (κ2) is 13.2. The van der Waals surface area contributed by atoms with Crippen LogP contribution in [-0.2, 0) is 27.8 Å². The molecule has 9 nitrogen and oxygen atoms in total. The number of nitrogens with two attached hydrogens (primary N) is 1. The highest BCUT2D eigenvalue weighted by atomic mass is 31.2. The fourth-order valence-electron chi connectivity index (χ4n) is 1.30. The van der Waals surface area contributed by atoms with Crippen molar-refractivity contribution in [3.05, 3.63) is 0 Å². The van der Waals surface area contributed by atoms with Gasteiger partial charge in [0.25, 0.3) is 7.82 Å². The molecule has 10 heteroatoms. The zero-order valence-corrected chi connectivity index (χ0v) is 15.3. The van der Waals surface area contributed by atoms with Crippen LogP contribution in [0.15, 0.2) is 0 Å². The van der Waals surface area contributed by atoms with Crippen LogP contribution in [0.2, 0.25) is 0 Å². The van der Waals surface area contributed by atoms with Gasteiger partial charge in [-0.1, -0.05) is 0 Å². The summed E-state index contributed by atoms with van der Waals surface area (Å²) in [4.78, 5) is 11.5. The predicted octanol–water partition coefficient (Wildman–Crippen LogP) is -0.797. The fraction of sp³-hybridized carbons (Fsp3) is 1.00. The number of ether oxygens (including phenoxy) is 3. The molecule has 0 spiro atoms. The number of nitrogens with zero attached hydrogens (tertiary/aromatic N) is 1. The fourth-order valence-corrected chi connectivity index (χ4v) is 1.97. The van der Waals surface area contributed by atoms with Crippen molar-refractivity contribution in [1.82, 2.24) is 0 Å². The van der Waals surface area contributed by atoms with Gasteiger partial charge in [0.15, 0.2) is 0 Å². The Labute approximate surface area is 138 Å². The maximum atomic E-state index is 11.5. The topological polar surface area (TPSA) is 112 Å². The highest BCUT2D eigenvalue weighted by Crippen LogP contribution is 2.37. The molecule has 0 amide bonds. The van der Waals surface area contributed by atoms with Crippen molar-refractivity contribution in [2.75, 3.05) is 87.1 Å². The van der Waals surface area contributed by atoms with Crippen molar-refractivity contribution < 1.29 is 37.2 Å². The summed E-state index contributed by atoms with van der Waals surface area (Å²) < 4.78 is 37.1. The van der Waals surface area contributed by atoms with E-state index in [-0.39, 0.29) is 19.8 Å². The van der Waals surface area contributed by atoms with Gasteiger partial charge in [-0.15, -0.1) is 0 Å². The van der Waals surface area contributed by atoms with Crippen LogP contribution in [-0.4, -0.2) is 91.6 Å². The number of phosphoric acid groups is 1. The van der Waals surface area contributed by atoms with Crippen molar-refractivity contribution >= 4 is 7.82 Å². The number of rotatable bonds is 16. The molecule has 140 valence electrons. The maximum Gasteiger partial charge on any atom is 0.268 e. The lowest BCUT2D eigenvalue weighted by Gasteiger charge is -2.27. The smallest absolute Gasteiger partial charge is 0.268 e. The van der Waals surface area contributed by atoms with Gasteiger partial charge < -0.3 is 38.4 Å². The lowest BCUT2D eigenvalue weighted by molar-refractivity contribution is -0.870. The summed E-state index contributed by atoms with van der Waals surface area (Å²) in [6.45, 7) is 3.45. The largest absolute Gasteiger partial charge is 0.756 e. The number of hydrogen-bond acceptors (Lipinski definition) is 8. The Morgan fingerprint density at radius 3 is 1.74 bits per heavy atom. The summed E-state index contributed by atoms with van der Waals surface area (Å²) in [5.41, 5.74) is 5.26. The van der Waals surface area contributed by atoms with E-state index in [1.54, 1.807) is 0 Å². The Morgan fingerprint density at radius 2 is 1.26 bits per heavy atom. The summed E-state index contributed by atoms with van der Waals surface area (Å²) in [6, 6.07) is 0. The molecule has 0 radical (unpaired) electrons. The van der Waals surface area contributed by atoms with Crippen molar-refractivity contribution in [3.63, 3.8) is 0 Å². The first-order chi connectivity index (χ1) is 10.8. The molecular formula is C13H31N2O7P. The normalized spacial score (nSPS) is 14.8. The Hall–Kier alpha value is -0.0900. The Balaban J connectivity index is 3.40. The highest BCUT2D eigenvalue weighted by molar-refractivity contribution is 7.45. The molecule has 0 aliphatic heterocycles. The summed E-state index contributed by atoms with van der Waals surface area (Å²) >= 11 is 0. The molecule has 0 bridgehead atoms. The molecule has 0 heterocycles. The van der Waals surface area contributed by atoms with Crippen molar-refractivity contribution in [2.24, 2.45) is 5.73 Å². The van der Waals surface area contributed by atoms with Crippen LogP contribution in [0, 0.1) is 0 Å². The second-order valence-electron chi connectivity index (χ2n) is 5.75. The summed E-state index contributed by atoms with van der Waals surface area (Å²) in [5, 5.41) is 0. The second-order valence-corrected chi connectivity index (χ2v) is 7.16. The summed E-state index contributed by atoms with van der Waals surface area (Å²) in [7, 11) is 1.58. The molecule has 1 unspecified atom stereocenters. The molecule has 0 aromatic carbocycles. The van der Waals surface area contributed by atoms with Crippen molar-refractivity contribution in [1.29, 1.82) is 0 Å². The lowest BCUT2D eigenvalue weighted by atomic mass is 10.5. The van der Waals surface area contributed by atoms with E-state index in [0.717, 1.165) is 0 Å². The van der Waals surface area contributed by atoms with E-state index in [4.69, 9.17) is 24.5 Å². The maximum absolute atomic E-state index is 11.5. The molecule has 0 saturated carbocycles. The zero-order valence-electron chi connectivity index (χ0n) is 14.4. The van der Waals surface area contributed by atoms with Crippen LogP contribution >= 0.6 is 7.82 Å². The number of likely N-dealkylation sites (N-methyl/N-ethyl adjacent to an activating group) is 1. The molecule has 0 aliphatic rings. The van der Waals surface area contributed by atoms with Crippen LogP contribution in [0.25, 0.3) is 0 Å². The first-order valence-electron chi connectivity index (χ1n) is 7.61. The van der Waals surface area contributed by atoms with Crippen LogP contribution in [0.5, 0.6) is 0 Å². The Bertz CT molecular complexity index is 326. The van der Waals surface area contributed by atoms with E-state index in [2.05, 4.69) is 4.52 Å². The third-order valence-electron chi connectivity index (χ3n) is 2.49. The van der Waals surface area contributed by atoms with E-state index in [9.17, 15) is 9.46 Å². The predicted molar refractivity (Wildman–Crippen MR) is 83.9 cm³/mol. The van der Waals surface area contributed by atoms with Gasteiger partial charge in [0, 0.05) is 6.54 Å². The van der Waals surface area contributed by atoms with Gasteiger partial charge in [-0.25, -0.2) is 0 Å². The van der Waals surface area contributed by atoms with Gasteiger partial charge in [0.1, 0.15) is 13.2 Å². The average Bonchev–Trinajstić information content (AvgIpc) is 2.43. The molecular weight excluding hydrogens is 327 g/mol. The highest BCUT2D eigenvalue weighted by Gasteiger charge is 2.12. The van der Waals surface area contributed by atoms with Crippen molar-refractivity contribution in [2.45, 2.75) is 0 Å². The SMILES string of the molecule is C[N+](C)(C)CCOP(=O)([O-])OCCOCCOCCOCCN. The number of quaternary nitrogens is 1. The first-order valence-corrected chi connectivity index (χ1v) is 9.07. The zero-order chi connectivity index (χ0) is 17.6. The molecule has 1 atom stereocenters. The minimum Gasteiger partial charge on any atom is -0.756 e. The van der Waals surface area contributed by atoms with Crippen LogP contribution in [0.4, 0.5) is 0 Å². The van der Waals surface area contributed by atoms with Gasteiger partial charge in [0.05, 0.1) is 67.4 Å². The molecule has 2 N–H and O–H groups in total. The Morgan fingerprint density at radius 1 is 0.826 bits per heavy atom. The van der Waals surface area contributed by atoms with Crippen LogP contribution in [0.3, 0.4) is 0 Å².